The number of methoxy groups -OCH3 is 2. The van der Waals surface area contributed by atoms with Crippen LogP contribution in [0.25, 0.3) is 0 Å². The Balaban J connectivity index is 1.81. The molecule has 0 fully saturated rings. The van der Waals surface area contributed by atoms with Crippen LogP contribution in [0.3, 0.4) is 0 Å². The first kappa shape index (κ1) is 23.3. The summed E-state index contributed by atoms with van der Waals surface area (Å²) < 4.78 is 12.6. The van der Waals surface area contributed by atoms with Crippen molar-refractivity contribution >= 4 is 17.5 Å². The van der Waals surface area contributed by atoms with Gasteiger partial charge >= 0.3 is 0 Å². The maximum atomic E-state index is 13.6. The van der Waals surface area contributed by atoms with Crippen LogP contribution >= 0.6 is 0 Å². The predicted molar refractivity (Wildman–Crippen MR) is 129 cm³/mol. The molecular formula is C25H29N5O4. The lowest BCUT2D eigenvalue weighted by Crippen LogP contribution is -2.31. The second kappa shape index (κ2) is 9.96. The third-order valence-corrected chi connectivity index (χ3v) is 5.82. The third-order valence-electron chi connectivity index (χ3n) is 5.82. The second-order valence-corrected chi connectivity index (χ2v) is 8.07. The number of allylic oxidation sites excluding steroid dienone is 1. The fourth-order valence-electron chi connectivity index (χ4n) is 4.07. The molecule has 34 heavy (non-hydrogen) atoms. The summed E-state index contributed by atoms with van der Waals surface area (Å²) in [5, 5.41) is 20.2. The molecule has 1 aromatic heterocycles. The lowest BCUT2D eigenvalue weighted by Gasteiger charge is -2.29. The Morgan fingerprint density at radius 3 is 2.62 bits per heavy atom. The van der Waals surface area contributed by atoms with E-state index in [9.17, 15) is 9.90 Å². The first-order chi connectivity index (χ1) is 16.5. The van der Waals surface area contributed by atoms with E-state index in [1.807, 2.05) is 56.3 Å². The van der Waals surface area contributed by atoms with Crippen molar-refractivity contribution in [3.63, 3.8) is 0 Å². The van der Waals surface area contributed by atoms with E-state index >= 15 is 0 Å². The number of benzene rings is 2. The number of hydrogen-bond acceptors (Lipinski definition) is 7. The smallest absolute Gasteiger partial charge is 0.255 e. The van der Waals surface area contributed by atoms with Crippen LogP contribution in [-0.4, -0.2) is 46.6 Å². The van der Waals surface area contributed by atoms with Crippen LogP contribution in [0.5, 0.6) is 11.5 Å². The van der Waals surface area contributed by atoms with Crippen molar-refractivity contribution in [3.05, 3.63) is 70.7 Å². The van der Waals surface area contributed by atoms with Crippen molar-refractivity contribution < 1.29 is 19.4 Å². The molecule has 0 bridgehead atoms. The van der Waals surface area contributed by atoms with E-state index in [1.165, 1.54) is 0 Å². The van der Waals surface area contributed by atoms with E-state index in [2.05, 4.69) is 20.7 Å². The van der Waals surface area contributed by atoms with Crippen LogP contribution in [0.1, 0.15) is 36.3 Å². The number of aliphatic hydroxyl groups is 1. The highest BCUT2D eigenvalue weighted by atomic mass is 16.5. The quantitative estimate of drug-likeness (QED) is 0.469. The summed E-state index contributed by atoms with van der Waals surface area (Å²) >= 11 is 0. The molecule has 0 radical (unpaired) electrons. The molecule has 178 valence electrons. The highest BCUT2D eigenvalue weighted by Crippen LogP contribution is 2.39. The van der Waals surface area contributed by atoms with Crippen molar-refractivity contribution in [1.82, 2.24) is 14.8 Å². The zero-order valence-electron chi connectivity index (χ0n) is 19.8. The highest BCUT2D eigenvalue weighted by Gasteiger charge is 2.35. The second-order valence-electron chi connectivity index (χ2n) is 8.07. The molecule has 0 spiro atoms. The minimum atomic E-state index is -0.546. The molecular weight excluding hydrogens is 434 g/mol. The molecule has 1 aliphatic rings. The van der Waals surface area contributed by atoms with Crippen LogP contribution in [0.15, 0.2) is 53.7 Å². The van der Waals surface area contributed by atoms with Gasteiger partial charge in [-0.2, -0.15) is 10.1 Å². The maximum absolute atomic E-state index is 13.6. The van der Waals surface area contributed by atoms with Gasteiger partial charge in [0.15, 0.2) is 17.3 Å². The van der Waals surface area contributed by atoms with Gasteiger partial charge in [0.1, 0.15) is 6.04 Å². The topological polar surface area (TPSA) is 111 Å². The molecule has 2 aromatic carbocycles. The van der Waals surface area contributed by atoms with Gasteiger partial charge in [0.05, 0.1) is 19.8 Å². The molecule has 0 saturated carbocycles. The van der Waals surface area contributed by atoms with Crippen molar-refractivity contribution in [2.24, 2.45) is 0 Å². The van der Waals surface area contributed by atoms with Crippen molar-refractivity contribution in [2.75, 3.05) is 31.5 Å². The van der Waals surface area contributed by atoms with Gasteiger partial charge in [-0.25, -0.2) is 4.68 Å². The predicted octanol–water partition coefficient (Wildman–Crippen LogP) is 3.46. The average Bonchev–Trinajstić information content (AvgIpc) is 3.24. The Hall–Kier alpha value is -3.85. The number of carbonyl (C=O) groups is 1. The van der Waals surface area contributed by atoms with E-state index in [1.54, 1.807) is 18.9 Å². The van der Waals surface area contributed by atoms with Gasteiger partial charge in [0.2, 0.25) is 5.95 Å². The Morgan fingerprint density at radius 1 is 1.15 bits per heavy atom. The zero-order chi connectivity index (χ0) is 24.2. The number of aryl methyl sites for hydroxylation is 2. The SMILES string of the molecule is COc1ccc([C@@H]2C(C(=O)Nc3ccccc3C)=C(C)Nc3nc(CCCO)nn32)cc1OC. The van der Waals surface area contributed by atoms with Crippen LogP contribution < -0.4 is 20.1 Å². The standard InChI is InChI=1S/C25H29N5O4/c1-15-8-5-6-9-18(15)27-24(32)22-16(2)26-25-28-21(10-7-13-31)29-30(25)23(22)17-11-12-19(33-3)20(14-17)34-4/h5-6,8-9,11-12,14,23,31H,7,10,13H2,1-4H3,(H,27,32)(H,26,28,29)/t23-/m1/s1. The number of rotatable bonds is 8. The van der Waals surface area contributed by atoms with E-state index in [0.717, 1.165) is 16.8 Å². The number of aliphatic hydroxyl groups excluding tert-OH is 1. The lowest BCUT2D eigenvalue weighted by molar-refractivity contribution is -0.113. The van der Waals surface area contributed by atoms with E-state index < -0.39 is 6.04 Å². The minimum Gasteiger partial charge on any atom is -0.493 e. The first-order valence-electron chi connectivity index (χ1n) is 11.1. The van der Waals surface area contributed by atoms with Gasteiger partial charge in [-0.05, 0) is 49.6 Å². The molecule has 9 heteroatoms. The first-order valence-corrected chi connectivity index (χ1v) is 11.1. The minimum absolute atomic E-state index is 0.0533. The Morgan fingerprint density at radius 2 is 1.91 bits per heavy atom. The number of aromatic nitrogens is 3. The zero-order valence-corrected chi connectivity index (χ0v) is 19.8. The molecule has 9 nitrogen and oxygen atoms in total. The number of nitrogens with one attached hydrogen (secondary N) is 2. The van der Waals surface area contributed by atoms with Crippen molar-refractivity contribution in [2.45, 2.75) is 32.7 Å². The summed E-state index contributed by atoms with van der Waals surface area (Å²) in [6, 6.07) is 12.6. The highest BCUT2D eigenvalue weighted by molar-refractivity contribution is 6.06. The maximum Gasteiger partial charge on any atom is 0.255 e. The molecule has 1 atom stereocenters. The summed E-state index contributed by atoms with van der Waals surface area (Å²) in [6.07, 6.45) is 1.08. The number of ether oxygens (including phenoxy) is 2. The number of amides is 1. The van der Waals surface area contributed by atoms with Crippen molar-refractivity contribution in [3.8, 4) is 11.5 Å². The summed E-state index contributed by atoms with van der Waals surface area (Å²) in [5.41, 5.74) is 3.70. The molecule has 3 aromatic rings. The average molecular weight is 464 g/mol. The number of nitrogens with zero attached hydrogens (tertiary/aromatic N) is 3. The van der Waals surface area contributed by atoms with Gasteiger partial charge in [-0.3, -0.25) is 4.79 Å². The fourth-order valence-corrected chi connectivity index (χ4v) is 4.07. The molecule has 1 aliphatic heterocycles. The fraction of sp³-hybridized carbons (Fsp3) is 0.320. The lowest BCUT2D eigenvalue weighted by atomic mass is 9.94. The largest absolute Gasteiger partial charge is 0.493 e. The number of para-hydroxylation sites is 1. The Kier molecular flexibility index (Phi) is 6.83. The number of carbonyl (C=O) groups excluding carboxylic acids is 1. The van der Waals surface area contributed by atoms with Crippen LogP contribution in [0, 0.1) is 6.92 Å². The van der Waals surface area contributed by atoms with Gasteiger partial charge in [0.25, 0.3) is 5.91 Å². The van der Waals surface area contributed by atoms with Gasteiger partial charge in [-0.1, -0.05) is 24.3 Å². The van der Waals surface area contributed by atoms with Gasteiger partial charge < -0.3 is 25.2 Å². The van der Waals surface area contributed by atoms with E-state index in [0.29, 0.717) is 47.4 Å². The van der Waals surface area contributed by atoms with Gasteiger partial charge in [0, 0.05) is 24.4 Å². The monoisotopic (exact) mass is 463 g/mol. The van der Waals surface area contributed by atoms with E-state index in [4.69, 9.17) is 9.47 Å². The van der Waals surface area contributed by atoms with Crippen LogP contribution in [-0.2, 0) is 11.2 Å². The third kappa shape index (κ3) is 4.47. The normalized spacial score (nSPS) is 14.9. The van der Waals surface area contributed by atoms with Crippen LogP contribution in [0.4, 0.5) is 11.6 Å². The van der Waals surface area contributed by atoms with E-state index in [-0.39, 0.29) is 12.5 Å². The Bertz CT molecular complexity index is 1230. The number of hydrogen-bond donors (Lipinski definition) is 3. The molecule has 2 heterocycles. The molecule has 0 saturated heterocycles. The van der Waals surface area contributed by atoms with Crippen molar-refractivity contribution in [1.29, 1.82) is 0 Å². The number of anilines is 2. The summed E-state index contributed by atoms with van der Waals surface area (Å²) in [5.74, 6) is 2.04. The van der Waals surface area contributed by atoms with Crippen LogP contribution in [0.2, 0.25) is 0 Å². The molecule has 3 N–H and O–H groups in total. The molecule has 0 unspecified atom stereocenters. The molecule has 4 rings (SSSR count). The summed E-state index contributed by atoms with van der Waals surface area (Å²) in [6.45, 7) is 3.86. The van der Waals surface area contributed by atoms with Gasteiger partial charge in [-0.15, -0.1) is 0 Å². The Labute approximate surface area is 198 Å². The summed E-state index contributed by atoms with van der Waals surface area (Å²) in [7, 11) is 3.15. The number of fused-ring (bicyclic) bond motifs is 1. The summed E-state index contributed by atoms with van der Waals surface area (Å²) in [4.78, 5) is 18.2. The molecule has 1 amide bonds. The molecule has 0 aliphatic carbocycles.